The zero-order valence-corrected chi connectivity index (χ0v) is 13.6. The Kier molecular flexibility index (Phi) is 3.66. The zero-order valence-electron chi connectivity index (χ0n) is 12.8. The average Bonchev–Trinajstić information content (AvgIpc) is 3.22. The molecule has 0 aliphatic rings. The number of hydrogen-bond acceptors (Lipinski definition) is 6. The molecule has 0 saturated heterocycles. The first kappa shape index (κ1) is 14.7. The number of aryl methyl sites for hydroxylation is 1. The van der Waals surface area contributed by atoms with Crippen LogP contribution in [0.3, 0.4) is 0 Å². The molecule has 120 valence electrons. The van der Waals surface area contributed by atoms with Gasteiger partial charge in [-0.3, -0.25) is 0 Å². The van der Waals surface area contributed by atoms with Crippen LogP contribution in [0.4, 0.5) is 10.2 Å². The molecule has 0 radical (unpaired) electrons. The summed E-state index contributed by atoms with van der Waals surface area (Å²) in [6.45, 7) is 2.53. The molecular formula is C16H13FN6S. The fourth-order valence-corrected chi connectivity index (χ4v) is 2.96. The molecule has 0 bridgehead atoms. The highest BCUT2D eigenvalue weighted by Gasteiger charge is 2.10. The highest BCUT2D eigenvalue weighted by molar-refractivity contribution is 7.05. The molecule has 6 nitrogen and oxygen atoms in total. The van der Waals surface area contributed by atoms with E-state index < -0.39 is 0 Å². The Hall–Kier alpha value is -2.87. The Labute approximate surface area is 141 Å². The van der Waals surface area contributed by atoms with E-state index in [1.165, 1.54) is 23.7 Å². The number of fused-ring (bicyclic) bond motifs is 1. The summed E-state index contributed by atoms with van der Waals surface area (Å²) in [4.78, 5) is 5.64. The second-order valence-corrected chi connectivity index (χ2v) is 6.11. The van der Waals surface area contributed by atoms with Crippen molar-refractivity contribution in [1.29, 1.82) is 0 Å². The Morgan fingerprint density at radius 3 is 2.79 bits per heavy atom. The largest absolute Gasteiger partial charge is 0.365 e. The van der Waals surface area contributed by atoms with Crippen LogP contribution in [-0.4, -0.2) is 24.2 Å². The van der Waals surface area contributed by atoms with Crippen LogP contribution in [0.25, 0.3) is 16.9 Å². The van der Waals surface area contributed by atoms with Gasteiger partial charge in [0.25, 0.3) is 0 Å². The van der Waals surface area contributed by atoms with Gasteiger partial charge in [-0.25, -0.2) is 9.37 Å². The Morgan fingerprint density at radius 1 is 1.21 bits per heavy atom. The molecule has 8 heteroatoms. The maximum absolute atomic E-state index is 13.1. The topological polar surface area (TPSA) is 68.0 Å². The molecule has 0 unspecified atom stereocenters. The summed E-state index contributed by atoms with van der Waals surface area (Å²) in [7, 11) is 0. The van der Waals surface area contributed by atoms with Crippen molar-refractivity contribution in [2.75, 3.05) is 5.32 Å². The molecule has 0 aliphatic heterocycles. The third kappa shape index (κ3) is 2.71. The van der Waals surface area contributed by atoms with Gasteiger partial charge in [-0.1, -0.05) is 4.49 Å². The van der Waals surface area contributed by atoms with Crippen molar-refractivity contribution in [3.8, 4) is 11.3 Å². The van der Waals surface area contributed by atoms with Gasteiger partial charge in [0, 0.05) is 17.7 Å². The van der Waals surface area contributed by atoms with Crippen LogP contribution >= 0.6 is 11.5 Å². The van der Waals surface area contributed by atoms with Crippen LogP contribution in [0.1, 0.15) is 10.6 Å². The summed E-state index contributed by atoms with van der Waals surface area (Å²) in [5.41, 5.74) is 3.24. The number of anilines is 1. The third-order valence-electron chi connectivity index (χ3n) is 3.67. The quantitative estimate of drug-likeness (QED) is 0.617. The van der Waals surface area contributed by atoms with Crippen LogP contribution in [0.2, 0.25) is 0 Å². The van der Waals surface area contributed by atoms with Crippen molar-refractivity contribution in [2.45, 2.75) is 13.5 Å². The maximum Gasteiger partial charge on any atom is 0.157 e. The van der Waals surface area contributed by atoms with E-state index in [1.807, 2.05) is 19.1 Å². The van der Waals surface area contributed by atoms with Crippen LogP contribution in [0.5, 0.6) is 0 Å². The van der Waals surface area contributed by atoms with Gasteiger partial charge in [0.2, 0.25) is 0 Å². The van der Waals surface area contributed by atoms with Crippen molar-refractivity contribution < 1.29 is 4.39 Å². The normalized spacial score (nSPS) is 11.1. The highest BCUT2D eigenvalue weighted by atomic mass is 32.1. The minimum atomic E-state index is -0.268. The van der Waals surface area contributed by atoms with Gasteiger partial charge in [-0.2, -0.15) is 9.61 Å². The molecule has 1 aromatic carbocycles. The number of nitrogens with zero attached hydrogens (tertiary/aromatic N) is 5. The Morgan fingerprint density at radius 2 is 2.04 bits per heavy atom. The molecular weight excluding hydrogens is 327 g/mol. The minimum Gasteiger partial charge on any atom is -0.365 e. The predicted molar refractivity (Wildman–Crippen MR) is 90.4 cm³/mol. The van der Waals surface area contributed by atoms with Gasteiger partial charge in [0.1, 0.15) is 11.6 Å². The molecule has 0 saturated carbocycles. The molecule has 0 spiro atoms. The number of nitrogens with one attached hydrogen (secondary N) is 1. The Balaban J connectivity index is 1.72. The third-order valence-corrected chi connectivity index (χ3v) is 4.50. The lowest BCUT2D eigenvalue weighted by molar-refractivity contribution is 0.628. The molecule has 0 amide bonds. The van der Waals surface area contributed by atoms with Gasteiger partial charge in [-0.05, 0) is 42.7 Å². The second kappa shape index (κ2) is 5.97. The molecule has 0 fully saturated rings. The van der Waals surface area contributed by atoms with Crippen molar-refractivity contribution in [3.05, 3.63) is 59.0 Å². The molecule has 3 heterocycles. The first-order valence-electron chi connectivity index (χ1n) is 7.33. The fourth-order valence-electron chi connectivity index (χ4n) is 2.39. The summed E-state index contributed by atoms with van der Waals surface area (Å²) < 4.78 is 18.8. The number of halogens is 1. The van der Waals surface area contributed by atoms with Gasteiger partial charge in [-0.15, -0.1) is 5.10 Å². The summed E-state index contributed by atoms with van der Waals surface area (Å²) in [6, 6.07) is 10.0. The maximum atomic E-state index is 13.1. The van der Waals surface area contributed by atoms with E-state index in [0.29, 0.717) is 6.54 Å². The lowest BCUT2D eigenvalue weighted by atomic mass is 10.1. The Bertz CT molecular complexity index is 991. The SMILES string of the molecule is Cc1nnsc1CNc1cc(-c2ccc(F)cc2)nc2ccnn12. The van der Waals surface area contributed by atoms with Gasteiger partial charge in [0.15, 0.2) is 5.65 Å². The summed E-state index contributed by atoms with van der Waals surface area (Å²) >= 11 is 1.37. The van der Waals surface area contributed by atoms with E-state index in [4.69, 9.17) is 0 Å². The molecule has 4 rings (SSSR count). The van der Waals surface area contributed by atoms with E-state index in [2.05, 4.69) is 25.0 Å². The molecule has 0 aliphatic carbocycles. The average molecular weight is 340 g/mol. The van der Waals surface area contributed by atoms with Gasteiger partial charge >= 0.3 is 0 Å². The van der Waals surface area contributed by atoms with Gasteiger partial charge < -0.3 is 5.32 Å². The van der Waals surface area contributed by atoms with E-state index in [1.54, 1.807) is 22.8 Å². The summed E-state index contributed by atoms with van der Waals surface area (Å²) in [5, 5.41) is 11.7. The number of benzene rings is 1. The van der Waals surface area contributed by atoms with E-state index >= 15 is 0 Å². The van der Waals surface area contributed by atoms with Crippen molar-refractivity contribution in [1.82, 2.24) is 24.2 Å². The lowest BCUT2D eigenvalue weighted by Crippen LogP contribution is -2.06. The van der Waals surface area contributed by atoms with Crippen LogP contribution in [0, 0.1) is 12.7 Å². The first-order chi connectivity index (χ1) is 11.7. The van der Waals surface area contributed by atoms with E-state index in [-0.39, 0.29) is 5.82 Å². The van der Waals surface area contributed by atoms with Crippen molar-refractivity contribution in [3.63, 3.8) is 0 Å². The highest BCUT2D eigenvalue weighted by Crippen LogP contribution is 2.23. The smallest absolute Gasteiger partial charge is 0.157 e. The molecule has 4 aromatic rings. The summed E-state index contributed by atoms with van der Waals surface area (Å²) in [6.07, 6.45) is 1.70. The van der Waals surface area contributed by atoms with E-state index in [9.17, 15) is 4.39 Å². The number of hydrogen-bond donors (Lipinski definition) is 1. The van der Waals surface area contributed by atoms with Crippen LogP contribution < -0.4 is 5.32 Å². The molecule has 24 heavy (non-hydrogen) atoms. The number of aromatic nitrogens is 5. The van der Waals surface area contributed by atoms with Crippen LogP contribution in [0.15, 0.2) is 42.6 Å². The van der Waals surface area contributed by atoms with Crippen LogP contribution in [-0.2, 0) is 6.54 Å². The van der Waals surface area contributed by atoms with Gasteiger partial charge in [0.05, 0.1) is 29.0 Å². The monoisotopic (exact) mass is 340 g/mol. The fraction of sp³-hybridized carbons (Fsp3) is 0.125. The number of rotatable bonds is 4. The molecule has 0 atom stereocenters. The van der Waals surface area contributed by atoms with Crippen molar-refractivity contribution in [2.24, 2.45) is 0 Å². The zero-order chi connectivity index (χ0) is 16.5. The predicted octanol–water partition coefficient (Wildman–Crippen LogP) is 3.31. The van der Waals surface area contributed by atoms with Crippen molar-refractivity contribution >= 4 is 23.0 Å². The first-order valence-corrected chi connectivity index (χ1v) is 8.10. The lowest BCUT2D eigenvalue weighted by Gasteiger charge is -2.10. The molecule has 1 N–H and O–H groups in total. The van der Waals surface area contributed by atoms with E-state index in [0.717, 1.165) is 33.3 Å². The molecule has 3 aromatic heterocycles. The second-order valence-electron chi connectivity index (χ2n) is 5.27. The summed E-state index contributed by atoms with van der Waals surface area (Å²) in [5.74, 6) is 0.535. The minimum absolute atomic E-state index is 0.268. The standard InChI is InChI=1S/C16H13FN6S/c1-10-14(24-22-21-10)9-18-16-8-13(11-2-4-12(17)5-3-11)20-15-6-7-19-23(15)16/h2-8,18H,9H2,1H3.